The Morgan fingerprint density at radius 1 is 0.931 bits per heavy atom. The van der Waals surface area contributed by atoms with Gasteiger partial charge in [0.25, 0.3) is 0 Å². The fraction of sp³-hybridized carbons (Fsp3) is 0.316. The maximum atomic E-state index is 12.5. The third-order valence-corrected chi connectivity index (χ3v) is 3.80. The van der Waals surface area contributed by atoms with Crippen LogP contribution in [0.15, 0.2) is 41.4 Å². The number of guanidine groups is 1. The van der Waals surface area contributed by atoms with Gasteiger partial charge in [-0.25, -0.2) is 4.99 Å². The van der Waals surface area contributed by atoms with E-state index in [1.807, 2.05) is 12.1 Å². The highest BCUT2D eigenvalue weighted by molar-refractivity contribution is 14.0. The van der Waals surface area contributed by atoms with Crippen molar-refractivity contribution in [3.05, 3.63) is 47.5 Å². The lowest BCUT2D eigenvalue weighted by Crippen LogP contribution is -2.31. The van der Waals surface area contributed by atoms with E-state index in [2.05, 4.69) is 15.0 Å². The smallest absolute Gasteiger partial charge is 0.387 e. The number of benzene rings is 2. The standard InChI is InChI=1S/C19H23F2N3O4.HI/c1-25-14-6-4-12(8-16(14)27-3)10-23-19(22)24-11-13-5-7-15(26-2)17(9-13)28-18(20)21;/h4-9,18H,10-11H2,1-3H3,(H3,22,23,24);1H. The molecule has 0 spiro atoms. The van der Waals surface area contributed by atoms with Crippen LogP contribution in [0.2, 0.25) is 0 Å². The monoisotopic (exact) mass is 523 g/mol. The van der Waals surface area contributed by atoms with Crippen molar-refractivity contribution in [1.29, 1.82) is 0 Å². The summed E-state index contributed by atoms with van der Waals surface area (Å²) in [7, 11) is 4.50. The third-order valence-electron chi connectivity index (χ3n) is 3.80. The van der Waals surface area contributed by atoms with Crippen molar-refractivity contribution >= 4 is 29.9 Å². The fourth-order valence-electron chi connectivity index (χ4n) is 2.42. The van der Waals surface area contributed by atoms with Gasteiger partial charge in [-0.1, -0.05) is 12.1 Å². The van der Waals surface area contributed by atoms with Crippen LogP contribution >= 0.6 is 24.0 Å². The van der Waals surface area contributed by atoms with Crippen LogP contribution in [0.1, 0.15) is 11.1 Å². The summed E-state index contributed by atoms with van der Waals surface area (Å²) in [6.07, 6.45) is 0. The van der Waals surface area contributed by atoms with Crippen LogP contribution in [0.4, 0.5) is 8.78 Å². The summed E-state index contributed by atoms with van der Waals surface area (Å²) < 4.78 is 44.9. The number of aliphatic imine (C=N–C) groups is 1. The van der Waals surface area contributed by atoms with Crippen molar-refractivity contribution in [3.63, 3.8) is 0 Å². The average Bonchev–Trinajstić information content (AvgIpc) is 2.70. The van der Waals surface area contributed by atoms with Gasteiger partial charge in [-0.3, -0.25) is 0 Å². The molecule has 0 bridgehead atoms. The molecule has 3 N–H and O–H groups in total. The van der Waals surface area contributed by atoms with Crippen LogP contribution in [0.5, 0.6) is 23.0 Å². The lowest BCUT2D eigenvalue weighted by molar-refractivity contribution is -0.0512. The minimum absolute atomic E-state index is 0. The van der Waals surface area contributed by atoms with Gasteiger partial charge in [0.15, 0.2) is 29.0 Å². The molecule has 0 fully saturated rings. The molecule has 0 amide bonds. The second-order valence-electron chi connectivity index (χ2n) is 5.61. The lowest BCUT2D eigenvalue weighted by atomic mass is 10.2. The van der Waals surface area contributed by atoms with Crippen molar-refractivity contribution in [3.8, 4) is 23.0 Å². The van der Waals surface area contributed by atoms with Gasteiger partial charge in [-0.15, -0.1) is 24.0 Å². The molecule has 29 heavy (non-hydrogen) atoms. The molecule has 0 aromatic heterocycles. The number of halogens is 3. The maximum Gasteiger partial charge on any atom is 0.387 e. The molecule has 0 saturated carbocycles. The van der Waals surface area contributed by atoms with Crippen molar-refractivity contribution in [2.24, 2.45) is 10.7 Å². The first-order chi connectivity index (χ1) is 13.5. The largest absolute Gasteiger partial charge is 0.493 e. The molecule has 160 valence electrons. The van der Waals surface area contributed by atoms with E-state index < -0.39 is 6.61 Å². The number of methoxy groups -OCH3 is 3. The molecule has 0 heterocycles. The molecular weight excluding hydrogens is 499 g/mol. The van der Waals surface area contributed by atoms with Crippen LogP contribution in [0.25, 0.3) is 0 Å². The summed E-state index contributed by atoms with van der Waals surface area (Å²) >= 11 is 0. The first-order valence-electron chi connectivity index (χ1n) is 8.33. The summed E-state index contributed by atoms with van der Waals surface area (Å²) in [4.78, 5) is 4.21. The normalized spacial score (nSPS) is 10.9. The molecule has 0 unspecified atom stereocenters. The molecule has 2 aromatic carbocycles. The van der Waals surface area contributed by atoms with Gasteiger partial charge in [0.1, 0.15) is 0 Å². The van der Waals surface area contributed by atoms with Crippen molar-refractivity contribution in [2.45, 2.75) is 19.7 Å². The van der Waals surface area contributed by atoms with Crippen LogP contribution < -0.4 is 30.0 Å². The molecule has 0 saturated heterocycles. The van der Waals surface area contributed by atoms with Gasteiger partial charge < -0.3 is 30.0 Å². The van der Waals surface area contributed by atoms with Gasteiger partial charge in [0.05, 0.1) is 27.9 Å². The highest BCUT2D eigenvalue weighted by Gasteiger charge is 2.11. The zero-order valence-corrected chi connectivity index (χ0v) is 18.6. The maximum absolute atomic E-state index is 12.5. The highest BCUT2D eigenvalue weighted by Crippen LogP contribution is 2.30. The number of hydrogen-bond acceptors (Lipinski definition) is 5. The first kappa shape index (κ1) is 24.5. The van der Waals surface area contributed by atoms with Gasteiger partial charge >= 0.3 is 6.61 Å². The van der Waals surface area contributed by atoms with Crippen molar-refractivity contribution in [2.75, 3.05) is 21.3 Å². The van der Waals surface area contributed by atoms with Gasteiger partial charge in [0.2, 0.25) is 0 Å². The summed E-state index contributed by atoms with van der Waals surface area (Å²) in [5, 5.41) is 2.98. The number of nitrogens with two attached hydrogens (primary N) is 1. The molecule has 0 aliphatic heterocycles. The predicted octanol–water partition coefficient (Wildman–Crippen LogP) is 3.54. The van der Waals surface area contributed by atoms with Crippen molar-refractivity contribution in [1.82, 2.24) is 5.32 Å². The number of ether oxygens (including phenoxy) is 4. The summed E-state index contributed by atoms with van der Waals surface area (Å²) in [6, 6.07) is 10.2. The van der Waals surface area contributed by atoms with Gasteiger partial charge in [0, 0.05) is 6.54 Å². The van der Waals surface area contributed by atoms with Gasteiger partial charge in [-0.2, -0.15) is 8.78 Å². The Morgan fingerprint density at radius 2 is 1.48 bits per heavy atom. The topological polar surface area (TPSA) is 87.3 Å². The number of nitrogens with one attached hydrogen (secondary N) is 1. The van der Waals surface area contributed by atoms with E-state index in [9.17, 15) is 8.78 Å². The number of alkyl halides is 2. The second-order valence-corrected chi connectivity index (χ2v) is 5.61. The summed E-state index contributed by atoms with van der Waals surface area (Å²) in [6.45, 7) is -2.33. The number of hydrogen-bond donors (Lipinski definition) is 2. The first-order valence-corrected chi connectivity index (χ1v) is 8.33. The van der Waals surface area contributed by atoms with E-state index in [4.69, 9.17) is 19.9 Å². The van der Waals surface area contributed by atoms with Crippen LogP contribution in [0, 0.1) is 0 Å². The Labute approximate surface area is 185 Å². The molecule has 0 aliphatic rings. The average molecular weight is 523 g/mol. The van der Waals surface area contributed by atoms with E-state index in [0.29, 0.717) is 23.6 Å². The fourth-order valence-corrected chi connectivity index (χ4v) is 2.42. The molecule has 10 heteroatoms. The highest BCUT2D eigenvalue weighted by atomic mass is 127. The minimum atomic E-state index is -2.94. The molecule has 2 rings (SSSR count). The minimum Gasteiger partial charge on any atom is -0.493 e. The molecule has 2 aromatic rings. The van der Waals surface area contributed by atoms with E-state index in [-0.39, 0.29) is 48.0 Å². The van der Waals surface area contributed by atoms with E-state index >= 15 is 0 Å². The Hall–Kier alpha value is -2.50. The van der Waals surface area contributed by atoms with Crippen LogP contribution in [-0.4, -0.2) is 33.9 Å². The molecule has 0 aliphatic carbocycles. The molecule has 0 radical (unpaired) electrons. The van der Waals surface area contributed by atoms with Crippen molar-refractivity contribution < 1.29 is 27.7 Å². The third kappa shape index (κ3) is 7.44. The predicted molar refractivity (Wildman–Crippen MR) is 117 cm³/mol. The quantitative estimate of drug-likeness (QED) is 0.297. The second kappa shape index (κ2) is 12.1. The van der Waals surface area contributed by atoms with E-state index in [1.165, 1.54) is 19.2 Å². The molecule has 7 nitrogen and oxygen atoms in total. The molecule has 0 atom stereocenters. The summed E-state index contributed by atoms with van der Waals surface area (Å²) in [5.41, 5.74) is 7.45. The lowest BCUT2D eigenvalue weighted by Gasteiger charge is -2.12. The Balaban J connectivity index is 0.00000420. The van der Waals surface area contributed by atoms with E-state index in [0.717, 1.165) is 5.56 Å². The number of rotatable bonds is 9. The Kier molecular flexibility index (Phi) is 10.3. The van der Waals surface area contributed by atoms with E-state index in [1.54, 1.807) is 26.4 Å². The van der Waals surface area contributed by atoms with Crippen LogP contribution in [-0.2, 0) is 13.1 Å². The van der Waals surface area contributed by atoms with Gasteiger partial charge in [-0.05, 0) is 35.4 Å². The molecular formula is C19H24F2IN3O4. The Bertz CT molecular complexity index is 822. The SMILES string of the molecule is COc1ccc(CNC(N)=NCc2ccc(OC)c(OC(F)F)c2)cc1OC.I. The zero-order chi connectivity index (χ0) is 20.5. The number of nitrogens with zero attached hydrogens (tertiary/aromatic N) is 1. The summed E-state index contributed by atoms with van der Waals surface area (Å²) in [5.74, 6) is 1.62. The zero-order valence-electron chi connectivity index (χ0n) is 16.3. The van der Waals surface area contributed by atoms with Crippen LogP contribution in [0.3, 0.4) is 0 Å². The Morgan fingerprint density at radius 3 is 2.07 bits per heavy atom.